The topological polar surface area (TPSA) is 52.5 Å². The third-order valence-corrected chi connectivity index (χ3v) is 4.23. The summed E-state index contributed by atoms with van der Waals surface area (Å²) in [6.07, 6.45) is 4.26. The van der Waals surface area contributed by atoms with E-state index in [0.717, 1.165) is 5.56 Å². The minimum absolute atomic E-state index is 0.0737. The normalized spacial score (nSPS) is 11.6. The van der Waals surface area contributed by atoms with Gasteiger partial charge in [0.05, 0.1) is 32.4 Å². The van der Waals surface area contributed by atoms with E-state index in [4.69, 9.17) is 9.47 Å². The molecule has 0 unspecified atom stereocenters. The number of nitrogens with zero attached hydrogens (tertiary/aromatic N) is 1. The fourth-order valence-corrected chi connectivity index (χ4v) is 2.90. The number of hydrogen-bond acceptors (Lipinski definition) is 3. The Balaban J connectivity index is 1.79. The molecule has 0 aliphatic carbocycles. The van der Waals surface area contributed by atoms with E-state index in [9.17, 15) is 4.79 Å². The van der Waals surface area contributed by atoms with E-state index in [0.29, 0.717) is 23.6 Å². The fourth-order valence-electron chi connectivity index (χ4n) is 2.90. The lowest BCUT2D eigenvalue weighted by Gasteiger charge is -2.20. The van der Waals surface area contributed by atoms with Crippen LogP contribution < -0.4 is 14.8 Å². The van der Waals surface area contributed by atoms with Crippen LogP contribution in [-0.4, -0.2) is 24.7 Å². The number of rotatable bonds is 7. The Morgan fingerprint density at radius 3 is 2.38 bits per heavy atom. The van der Waals surface area contributed by atoms with Crippen molar-refractivity contribution in [2.45, 2.75) is 12.5 Å². The van der Waals surface area contributed by atoms with E-state index in [1.54, 1.807) is 32.4 Å². The van der Waals surface area contributed by atoms with Gasteiger partial charge in [0.25, 0.3) is 0 Å². The molecule has 5 nitrogen and oxygen atoms in total. The molecular formula is C21H22N2O3. The molecule has 0 radical (unpaired) electrons. The molecule has 1 N–H and O–H groups in total. The van der Waals surface area contributed by atoms with Gasteiger partial charge in [0.2, 0.25) is 5.91 Å². The van der Waals surface area contributed by atoms with Gasteiger partial charge in [-0.1, -0.05) is 30.3 Å². The summed E-state index contributed by atoms with van der Waals surface area (Å²) in [4.78, 5) is 12.7. The Kier molecular flexibility index (Phi) is 5.59. The van der Waals surface area contributed by atoms with Gasteiger partial charge in [-0.05, 0) is 29.8 Å². The van der Waals surface area contributed by atoms with Gasteiger partial charge in [-0.25, -0.2) is 0 Å². The molecule has 1 aromatic heterocycles. The molecule has 3 rings (SSSR count). The third-order valence-electron chi connectivity index (χ3n) is 4.23. The van der Waals surface area contributed by atoms with Crippen LogP contribution in [0.3, 0.4) is 0 Å². The number of carbonyl (C=O) groups excluding carboxylic acids is 1. The van der Waals surface area contributed by atoms with Gasteiger partial charge < -0.3 is 19.4 Å². The van der Waals surface area contributed by atoms with E-state index in [1.807, 2.05) is 59.4 Å². The summed E-state index contributed by atoms with van der Waals surface area (Å²) in [5.74, 6) is 1.15. The molecule has 1 atom stereocenters. The average molecular weight is 350 g/mol. The lowest BCUT2D eigenvalue weighted by atomic mass is 10.0. The second-order valence-electron chi connectivity index (χ2n) is 5.88. The van der Waals surface area contributed by atoms with Crippen LogP contribution in [0.1, 0.15) is 18.0 Å². The van der Waals surface area contributed by atoms with Crippen LogP contribution in [0.5, 0.6) is 11.5 Å². The van der Waals surface area contributed by atoms with Gasteiger partial charge in [0.1, 0.15) is 11.5 Å². The van der Waals surface area contributed by atoms with Crippen molar-refractivity contribution in [2.75, 3.05) is 19.5 Å². The van der Waals surface area contributed by atoms with Crippen molar-refractivity contribution in [2.24, 2.45) is 0 Å². The van der Waals surface area contributed by atoms with E-state index < -0.39 is 0 Å². The predicted octanol–water partition coefficient (Wildman–Crippen LogP) is 4.12. The Morgan fingerprint density at radius 2 is 1.73 bits per heavy atom. The predicted molar refractivity (Wildman–Crippen MR) is 102 cm³/mol. The average Bonchev–Trinajstić information content (AvgIpc) is 3.21. The van der Waals surface area contributed by atoms with Crippen LogP contribution in [0.25, 0.3) is 0 Å². The van der Waals surface area contributed by atoms with Gasteiger partial charge in [-0.2, -0.15) is 0 Å². The number of anilines is 1. The number of ether oxygens (including phenoxy) is 2. The smallest absolute Gasteiger partial charge is 0.226 e. The summed E-state index contributed by atoms with van der Waals surface area (Å²) in [5.41, 5.74) is 1.71. The van der Waals surface area contributed by atoms with Crippen LogP contribution in [-0.2, 0) is 4.79 Å². The summed E-state index contributed by atoms with van der Waals surface area (Å²) in [6, 6.07) is 19.2. The SMILES string of the molecule is COc1ccc(NC(=O)C[C@@H](c2ccccc2)n2cccc2)c(OC)c1. The molecule has 134 valence electrons. The number of nitrogens with one attached hydrogen (secondary N) is 1. The monoisotopic (exact) mass is 350 g/mol. The molecule has 0 saturated carbocycles. The molecule has 5 heteroatoms. The maximum absolute atomic E-state index is 12.7. The minimum atomic E-state index is -0.0870. The van der Waals surface area contributed by atoms with Gasteiger partial charge in [-0.15, -0.1) is 0 Å². The van der Waals surface area contributed by atoms with Crippen LogP contribution in [0.2, 0.25) is 0 Å². The highest BCUT2D eigenvalue weighted by Gasteiger charge is 2.18. The third kappa shape index (κ3) is 4.06. The maximum Gasteiger partial charge on any atom is 0.226 e. The first-order chi connectivity index (χ1) is 12.7. The summed E-state index contributed by atoms with van der Waals surface area (Å²) < 4.78 is 12.6. The maximum atomic E-state index is 12.7. The Morgan fingerprint density at radius 1 is 1.00 bits per heavy atom. The summed E-state index contributed by atoms with van der Waals surface area (Å²) in [7, 11) is 3.16. The van der Waals surface area contributed by atoms with E-state index in [-0.39, 0.29) is 11.9 Å². The quantitative estimate of drug-likeness (QED) is 0.697. The molecule has 0 aliphatic rings. The van der Waals surface area contributed by atoms with E-state index in [1.165, 1.54) is 0 Å². The highest BCUT2D eigenvalue weighted by molar-refractivity contribution is 5.92. The van der Waals surface area contributed by atoms with E-state index >= 15 is 0 Å². The number of benzene rings is 2. The molecule has 26 heavy (non-hydrogen) atoms. The van der Waals surface area contributed by atoms with Crippen molar-refractivity contribution >= 4 is 11.6 Å². The lowest BCUT2D eigenvalue weighted by molar-refractivity contribution is -0.116. The molecule has 0 saturated heterocycles. The second kappa shape index (κ2) is 8.25. The summed E-state index contributed by atoms with van der Waals surface area (Å²) in [6.45, 7) is 0. The highest BCUT2D eigenvalue weighted by Crippen LogP contribution is 2.30. The Labute approximate surface area is 153 Å². The number of carbonyl (C=O) groups is 1. The number of methoxy groups -OCH3 is 2. The lowest BCUT2D eigenvalue weighted by Crippen LogP contribution is -2.20. The van der Waals surface area contributed by atoms with Gasteiger partial charge in [-0.3, -0.25) is 4.79 Å². The molecule has 0 spiro atoms. The fraction of sp³-hybridized carbons (Fsp3) is 0.190. The number of hydrogen-bond donors (Lipinski definition) is 1. The van der Waals surface area contributed by atoms with Crippen molar-refractivity contribution in [3.8, 4) is 11.5 Å². The van der Waals surface area contributed by atoms with Crippen LogP contribution in [0.15, 0.2) is 73.1 Å². The zero-order chi connectivity index (χ0) is 18.4. The first kappa shape index (κ1) is 17.6. The highest BCUT2D eigenvalue weighted by atomic mass is 16.5. The number of amides is 1. The standard InChI is InChI=1S/C21H22N2O3/c1-25-17-10-11-18(20(14-17)26-2)22-21(24)15-19(23-12-6-7-13-23)16-8-4-3-5-9-16/h3-14,19H,15H2,1-2H3,(H,22,24)/t19-/m0/s1. The summed E-state index contributed by atoms with van der Waals surface area (Å²) in [5, 5.41) is 2.94. The first-order valence-corrected chi connectivity index (χ1v) is 8.40. The van der Waals surface area contributed by atoms with Crippen molar-refractivity contribution in [1.82, 2.24) is 4.57 Å². The van der Waals surface area contributed by atoms with Crippen molar-refractivity contribution in [3.63, 3.8) is 0 Å². The molecule has 0 aliphatic heterocycles. The number of aromatic nitrogens is 1. The molecule has 1 amide bonds. The van der Waals surface area contributed by atoms with Crippen LogP contribution >= 0.6 is 0 Å². The molecule has 2 aromatic carbocycles. The van der Waals surface area contributed by atoms with Crippen molar-refractivity contribution < 1.29 is 14.3 Å². The van der Waals surface area contributed by atoms with Crippen molar-refractivity contribution in [3.05, 3.63) is 78.6 Å². The van der Waals surface area contributed by atoms with Gasteiger partial charge in [0.15, 0.2) is 0 Å². The first-order valence-electron chi connectivity index (χ1n) is 8.40. The molecule has 0 bridgehead atoms. The Bertz CT molecular complexity index is 845. The van der Waals surface area contributed by atoms with Crippen molar-refractivity contribution in [1.29, 1.82) is 0 Å². The summed E-state index contributed by atoms with van der Waals surface area (Å²) >= 11 is 0. The largest absolute Gasteiger partial charge is 0.497 e. The second-order valence-corrected chi connectivity index (χ2v) is 5.88. The zero-order valence-corrected chi connectivity index (χ0v) is 14.9. The molecule has 1 heterocycles. The van der Waals surface area contributed by atoms with Crippen LogP contribution in [0, 0.1) is 0 Å². The molecule has 0 fully saturated rings. The molecule has 3 aromatic rings. The Hall–Kier alpha value is -3.21. The van der Waals surface area contributed by atoms with Crippen LogP contribution in [0.4, 0.5) is 5.69 Å². The van der Waals surface area contributed by atoms with Gasteiger partial charge in [0, 0.05) is 18.5 Å². The van der Waals surface area contributed by atoms with Gasteiger partial charge >= 0.3 is 0 Å². The minimum Gasteiger partial charge on any atom is -0.497 e. The molecular weight excluding hydrogens is 328 g/mol. The van der Waals surface area contributed by atoms with E-state index in [2.05, 4.69) is 5.32 Å². The zero-order valence-electron chi connectivity index (χ0n) is 14.9.